The van der Waals surface area contributed by atoms with E-state index >= 15 is 0 Å². The lowest BCUT2D eigenvalue weighted by Crippen LogP contribution is -2.00. The Hall–Kier alpha value is -1.84. The second kappa shape index (κ2) is 4.93. The van der Waals surface area contributed by atoms with Crippen LogP contribution in [-0.4, -0.2) is 10.8 Å². The van der Waals surface area contributed by atoms with Crippen LogP contribution in [0.1, 0.15) is 15.9 Å². The quantitative estimate of drug-likeness (QED) is 0.675. The van der Waals surface area contributed by atoms with E-state index in [1.54, 1.807) is 24.4 Å². The Balaban J connectivity index is 2.10. The van der Waals surface area contributed by atoms with E-state index < -0.39 is 0 Å². The Bertz CT molecular complexity index is 826. The van der Waals surface area contributed by atoms with Gasteiger partial charge in [0.05, 0.1) is 10.0 Å². The number of aromatic amines is 1. The van der Waals surface area contributed by atoms with Crippen LogP contribution >= 0.6 is 23.2 Å². The molecule has 0 fully saturated rings. The van der Waals surface area contributed by atoms with Crippen molar-refractivity contribution in [1.82, 2.24) is 4.98 Å². The second-order valence-corrected chi connectivity index (χ2v) is 5.16. The molecule has 2 aromatic carbocycles. The van der Waals surface area contributed by atoms with Gasteiger partial charge in [0.25, 0.3) is 0 Å². The summed E-state index contributed by atoms with van der Waals surface area (Å²) in [5, 5.41) is 1.38. The van der Waals surface area contributed by atoms with Crippen LogP contribution < -0.4 is 0 Å². The summed E-state index contributed by atoms with van der Waals surface area (Å²) >= 11 is 11.7. The number of rotatable bonds is 2. The van der Waals surface area contributed by atoms with E-state index in [1.165, 1.54) is 18.2 Å². The molecule has 0 aliphatic carbocycles. The zero-order valence-electron chi connectivity index (χ0n) is 10.1. The van der Waals surface area contributed by atoms with Crippen molar-refractivity contribution in [2.24, 2.45) is 0 Å². The standard InChI is InChI=1S/C15H8Cl2FNO/c16-12-4-1-8(5-13(12)17)15(20)11-7-19-14-6-9(18)2-3-10(11)14/h1-7,19H. The molecule has 0 saturated carbocycles. The van der Waals surface area contributed by atoms with Gasteiger partial charge in [-0.05, 0) is 36.4 Å². The van der Waals surface area contributed by atoms with Crippen molar-refractivity contribution >= 4 is 39.9 Å². The van der Waals surface area contributed by atoms with E-state index in [-0.39, 0.29) is 11.6 Å². The number of nitrogens with one attached hydrogen (secondary N) is 1. The minimum absolute atomic E-state index is 0.193. The van der Waals surface area contributed by atoms with Gasteiger partial charge in [0, 0.05) is 28.2 Å². The molecule has 0 radical (unpaired) electrons. The third-order valence-corrected chi connectivity index (χ3v) is 3.81. The molecule has 0 unspecified atom stereocenters. The molecule has 1 N–H and O–H groups in total. The maximum atomic E-state index is 13.1. The molecule has 0 amide bonds. The molecule has 0 atom stereocenters. The van der Waals surface area contributed by atoms with Gasteiger partial charge in [0.1, 0.15) is 5.82 Å². The average molecular weight is 308 g/mol. The summed E-state index contributed by atoms with van der Waals surface area (Å²) in [6, 6.07) is 8.95. The molecule has 0 bridgehead atoms. The number of hydrogen-bond donors (Lipinski definition) is 1. The van der Waals surface area contributed by atoms with Crippen LogP contribution in [-0.2, 0) is 0 Å². The van der Waals surface area contributed by atoms with Crippen LogP contribution in [0.3, 0.4) is 0 Å². The van der Waals surface area contributed by atoms with Gasteiger partial charge in [0.2, 0.25) is 0 Å². The van der Waals surface area contributed by atoms with Crippen molar-refractivity contribution < 1.29 is 9.18 Å². The Morgan fingerprint density at radius 1 is 1.05 bits per heavy atom. The highest BCUT2D eigenvalue weighted by atomic mass is 35.5. The highest BCUT2D eigenvalue weighted by molar-refractivity contribution is 6.42. The lowest BCUT2D eigenvalue weighted by Gasteiger charge is -2.02. The molecule has 1 heterocycles. The maximum Gasteiger partial charge on any atom is 0.195 e. The molecule has 0 aliphatic heterocycles. The number of hydrogen-bond acceptors (Lipinski definition) is 1. The first-order valence-corrected chi connectivity index (χ1v) is 6.58. The molecule has 0 saturated heterocycles. The monoisotopic (exact) mass is 307 g/mol. The van der Waals surface area contributed by atoms with Crippen molar-refractivity contribution in [3.63, 3.8) is 0 Å². The van der Waals surface area contributed by atoms with Gasteiger partial charge in [-0.3, -0.25) is 4.79 Å². The number of halogens is 3. The number of fused-ring (bicyclic) bond motifs is 1. The Kier molecular flexibility index (Phi) is 3.24. The molecule has 5 heteroatoms. The number of benzene rings is 2. The minimum Gasteiger partial charge on any atom is -0.360 e. The van der Waals surface area contributed by atoms with Crippen LogP contribution in [0, 0.1) is 5.82 Å². The molecule has 0 aliphatic rings. The summed E-state index contributed by atoms with van der Waals surface area (Å²) in [6.45, 7) is 0. The molecular formula is C15H8Cl2FNO. The topological polar surface area (TPSA) is 32.9 Å². The summed E-state index contributed by atoms with van der Waals surface area (Å²) < 4.78 is 13.1. The van der Waals surface area contributed by atoms with Crippen LogP contribution in [0.4, 0.5) is 4.39 Å². The van der Waals surface area contributed by atoms with E-state index in [0.717, 1.165) is 0 Å². The fourth-order valence-electron chi connectivity index (χ4n) is 2.08. The largest absolute Gasteiger partial charge is 0.360 e. The van der Waals surface area contributed by atoms with Crippen molar-refractivity contribution in [2.75, 3.05) is 0 Å². The minimum atomic E-state index is -0.354. The van der Waals surface area contributed by atoms with E-state index in [0.29, 0.717) is 32.1 Å². The number of carbonyl (C=O) groups excluding carboxylic acids is 1. The van der Waals surface area contributed by atoms with Gasteiger partial charge >= 0.3 is 0 Å². The molecule has 1 aromatic heterocycles. The average Bonchev–Trinajstić information content (AvgIpc) is 2.84. The predicted molar refractivity (Wildman–Crippen MR) is 78.2 cm³/mol. The van der Waals surface area contributed by atoms with Crippen molar-refractivity contribution in [3.05, 3.63) is 69.6 Å². The van der Waals surface area contributed by atoms with Gasteiger partial charge in [-0.2, -0.15) is 0 Å². The fourth-order valence-corrected chi connectivity index (χ4v) is 2.38. The van der Waals surface area contributed by atoms with Crippen molar-refractivity contribution in [1.29, 1.82) is 0 Å². The van der Waals surface area contributed by atoms with Crippen LogP contribution in [0.25, 0.3) is 10.9 Å². The zero-order valence-corrected chi connectivity index (χ0v) is 11.6. The molecule has 3 aromatic rings. The van der Waals surface area contributed by atoms with Gasteiger partial charge in [-0.25, -0.2) is 4.39 Å². The van der Waals surface area contributed by atoms with Gasteiger partial charge in [-0.15, -0.1) is 0 Å². The second-order valence-electron chi connectivity index (χ2n) is 4.35. The smallest absolute Gasteiger partial charge is 0.195 e. The number of H-pyrrole nitrogens is 1. The number of carbonyl (C=O) groups is 1. The van der Waals surface area contributed by atoms with E-state index in [9.17, 15) is 9.18 Å². The molecular weight excluding hydrogens is 300 g/mol. The normalized spacial score (nSPS) is 10.9. The Morgan fingerprint density at radius 3 is 2.60 bits per heavy atom. The van der Waals surface area contributed by atoms with Gasteiger partial charge in [-0.1, -0.05) is 23.2 Å². The third kappa shape index (κ3) is 2.19. The molecule has 100 valence electrons. The molecule has 2 nitrogen and oxygen atoms in total. The first-order chi connectivity index (χ1) is 9.56. The summed E-state index contributed by atoms with van der Waals surface area (Å²) in [7, 11) is 0. The van der Waals surface area contributed by atoms with Crippen LogP contribution in [0.5, 0.6) is 0 Å². The van der Waals surface area contributed by atoms with Gasteiger partial charge in [0.15, 0.2) is 5.78 Å². The van der Waals surface area contributed by atoms with E-state index in [2.05, 4.69) is 4.98 Å². The maximum absolute atomic E-state index is 13.1. The molecule has 20 heavy (non-hydrogen) atoms. The predicted octanol–water partition coefficient (Wildman–Crippen LogP) is 4.84. The SMILES string of the molecule is O=C(c1ccc(Cl)c(Cl)c1)c1c[nH]c2cc(F)ccc12. The summed E-state index contributed by atoms with van der Waals surface area (Å²) in [4.78, 5) is 15.3. The number of ketones is 1. The fraction of sp³-hybridized carbons (Fsp3) is 0. The first-order valence-electron chi connectivity index (χ1n) is 5.82. The lowest BCUT2D eigenvalue weighted by atomic mass is 10.0. The van der Waals surface area contributed by atoms with E-state index in [1.807, 2.05) is 0 Å². The summed E-state index contributed by atoms with van der Waals surface area (Å²) in [6.07, 6.45) is 1.56. The van der Waals surface area contributed by atoms with Crippen LogP contribution in [0.2, 0.25) is 10.0 Å². The first kappa shape index (κ1) is 13.2. The highest BCUT2D eigenvalue weighted by Crippen LogP contribution is 2.26. The molecule has 3 rings (SSSR count). The summed E-state index contributed by atoms with van der Waals surface area (Å²) in [5.74, 6) is -0.547. The number of aromatic nitrogens is 1. The Labute approximate surface area is 124 Å². The highest BCUT2D eigenvalue weighted by Gasteiger charge is 2.15. The summed E-state index contributed by atoms with van der Waals surface area (Å²) in [5.41, 5.74) is 1.48. The van der Waals surface area contributed by atoms with E-state index in [4.69, 9.17) is 23.2 Å². The Morgan fingerprint density at radius 2 is 1.85 bits per heavy atom. The van der Waals surface area contributed by atoms with Crippen molar-refractivity contribution in [2.45, 2.75) is 0 Å². The van der Waals surface area contributed by atoms with Gasteiger partial charge < -0.3 is 4.98 Å². The lowest BCUT2D eigenvalue weighted by molar-refractivity contribution is 0.104. The van der Waals surface area contributed by atoms with Crippen LogP contribution in [0.15, 0.2) is 42.6 Å². The van der Waals surface area contributed by atoms with Crippen molar-refractivity contribution in [3.8, 4) is 0 Å². The molecule has 0 spiro atoms. The zero-order chi connectivity index (χ0) is 14.3. The third-order valence-electron chi connectivity index (χ3n) is 3.07.